The molecule has 2 amide bonds. The first-order chi connectivity index (χ1) is 17.5. The summed E-state index contributed by atoms with van der Waals surface area (Å²) in [6, 6.07) is 7.98. The molecular formula is C24H27ClFN3O7S. The Labute approximate surface area is 219 Å². The maximum Gasteiger partial charge on any atom is 0.329 e. The van der Waals surface area contributed by atoms with Crippen molar-refractivity contribution in [2.45, 2.75) is 24.8 Å². The van der Waals surface area contributed by atoms with Crippen molar-refractivity contribution < 1.29 is 36.7 Å². The number of benzene rings is 2. The van der Waals surface area contributed by atoms with Crippen LogP contribution in [0.3, 0.4) is 0 Å². The predicted molar refractivity (Wildman–Crippen MR) is 133 cm³/mol. The summed E-state index contributed by atoms with van der Waals surface area (Å²) < 4.78 is 50.6. The molecule has 3 rings (SSSR count). The van der Waals surface area contributed by atoms with E-state index in [1.807, 2.05) is 0 Å². The number of carbonyl (C=O) groups excluding carboxylic acids is 3. The second-order valence-corrected chi connectivity index (χ2v) is 10.9. The van der Waals surface area contributed by atoms with Crippen molar-refractivity contribution in [3.63, 3.8) is 0 Å². The van der Waals surface area contributed by atoms with Crippen molar-refractivity contribution in [3.05, 3.63) is 58.9 Å². The molecule has 2 aromatic carbocycles. The number of carbonyl (C=O) groups is 3. The van der Waals surface area contributed by atoms with Gasteiger partial charge >= 0.3 is 5.97 Å². The van der Waals surface area contributed by atoms with E-state index < -0.39 is 52.2 Å². The number of anilines is 1. The zero-order valence-corrected chi connectivity index (χ0v) is 21.8. The standard InChI is InChI=1S/C24H27ClFN3O7S/c1-15(2)22(24(32)36-14-21(30)27-17-6-7-20(26)19(25)13-17)28-23(31)16-4-3-5-18(12-16)37(33,34)29-8-10-35-11-9-29/h3-7,12-13,15,22H,8-11,14H2,1-2H3,(H,27,30)(H,28,31)/t22-/m0/s1. The molecule has 2 N–H and O–H groups in total. The Hall–Kier alpha value is -3.06. The maximum atomic E-state index is 13.3. The molecule has 37 heavy (non-hydrogen) atoms. The second-order valence-electron chi connectivity index (χ2n) is 8.52. The van der Waals surface area contributed by atoms with E-state index in [1.54, 1.807) is 13.8 Å². The Balaban J connectivity index is 1.63. The molecule has 1 saturated heterocycles. The molecule has 1 fully saturated rings. The minimum Gasteiger partial charge on any atom is -0.454 e. The van der Waals surface area contributed by atoms with Crippen LogP contribution in [0.2, 0.25) is 5.02 Å². The van der Waals surface area contributed by atoms with Crippen LogP contribution in [0.4, 0.5) is 10.1 Å². The van der Waals surface area contributed by atoms with Gasteiger partial charge in [0.15, 0.2) is 6.61 Å². The molecule has 0 aromatic heterocycles. The Morgan fingerprint density at radius 3 is 2.49 bits per heavy atom. The van der Waals surface area contributed by atoms with Crippen LogP contribution in [-0.2, 0) is 29.1 Å². The van der Waals surface area contributed by atoms with Crippen molar-refractivity contribution in [1.82, 2.24) is 9.62 Å². The number of halogens is 2. The smallest absolute Gasteiger partial charge is 0.329 e. The average Bonchev–Trinajstić information content (AvgIpc) is 2.88. The summed E-state index contributed by atoms with van der Waals surface area (Å²) in [5, 5.41) is 4.79. The first kappa shape index (κ1) is 28.5. The molecule has 10 nitrogen and oxygen atoms in total. The minimum atomic E-state index is -3.82. The molecule has 13 heteroatoms. The summed E-state index contributed by atoms with van der Waals surface area (Å²) >= 11 is 5.68. The molecule has 1 atom stereocenters. The van der Waals surface area contributed by atoms with Crippen LogP contribution in [0, 0.1) is 11.7 Å². The second kappa shape index (κ2) is 12.5. The topological polar surface area (TPSA) is 131 Å². The fourth-order valence-electron chi connectivity index (χ4n) is 3.45. The lowest BCUT2D eigenvalue weighted by atomic mass is 10.0. The fraction of sp³-hybridized carbons (Fsp3) is 0.375. The third kappa shape index (κ3) is 7.48. The Kier molecular flexibility index (Phi) is 9.60. The molecule has 1 heterocycles. The molecule has 200 valence electrons. The van der Waals surface area contributed by atoms with Gasteiger partial charge in [-0.3, -0.25) is 9.59 Å². The molecular weight excluding hydrogens is 529 g/mol. The number of nitrogens with one attached hydrogen (secondary N) is 2. The first-order valence-electron chi connectivity index (χ1n) is 11.4. The van der Waals surface area contributed by atoms with E-state index in [-0.39, 0.29) is 47.5 Å². The third-order valence-electron chi connectivity index (χ3n) is 5.46. The Morgan fingerprint density at radius 1 is 1.14 bits per heavy atom. The minimum absolute atomic E-state index is 0.0405. The van der Waals surface area contributed by atoms with Gasteiger partial charge in [0.25, 0.3) is 11.8 Å². The molecule has 0 saturated carbocycles. The summed E-state index contributed by atoms with van der Waals surface area (Å²) in [7, 11) is -3.82. The molecule has 0 bridgehead atoms. The van der Waals surface area contributed by atoms with Gasteiger partial charge < -0.3 is 20.1 Å². The number of esters is 1. The highest BCUT2D eigenvalue weighted by molar-refractivity contribution is 7.89. The summed E-state index contributed by atoms with van der Waals surface area (Å²) in [6.07, 6.45) is 0. The van der Waals surface area contributed by atoms with Gasteiger partial charge in [-0.1, -0.05) is 31.5 Å². The number of hydrogen-bond donors (Lipinski definition) is 2. The number of hydrogen-bond acceptors (Lipinski definition) is 7. The molecule has 1 aliphatic rings. The van der Waals surface area contributed by atoms with Crippen LogP contribution < -0.4 is 10.6 Å². The van der Waals surface area contributed by atoms with Crippen LogP contribution in [0.25, 0.3) is 0 Å². The molecule has 0 aliphatic carbocycles. The van der Waals surface area contributed by atoms with E-state index in [1.165, 1.54) is 40.7 Å². The Bertz CT molecular complexity index is 1270. The van der Waals surface area contributed by atoms with Crippen LogP contribution in [-0.4, -0.2) is 69.5 Å². The van der Waals surface area contributed by atoms with Gasteiger partial charge in [0.2, 0.25) is 10.0 Å². The number of morpholine rings is 1. The number of rotatable bonds is 9. The SMILES string of the molecule is CC(C)[C@H](NC(=O)c1cccc(S(=O)(=O)N2CCOCC2)c1)C(=O)OCC(=O)Nc1ccc(F)c(Cl)c1. The number of amides is 2. The van der Waals surface area contributed by atoms with Gasteiger partial charge in [0.1, 0.15) is 11.9 Å². The van der Waals surface area contributed by atoms with Crippen molar-refractivity contribution in [2.24, 2.45) is 5.92 Å². The summed E-state index contributed by atoms with van der Waals surface area (Å²) in [5.41, 5.74) is 0.256. The summed E-state index contributed by atoms with van der Waals surface area (Å²) in [6.45, 7) is 3.68. The monoisotopic (exact) mass is 555 g/mol. The van der Waals surface area contributed by atoms with Gasteiger partial charge in [-0.2, -0.15) is 4.31 Å². The van der Waals surface area contributed by atoms with Crippen LogP contribution in [0.5, 0.6) is 0 Å². The van der Waals surface area contributed by atoms with Crippen molar-refractivity contribution >= 4 is 45.1 Å². The van der Waals surface area contributed by atoms with Crippen molar-refractivity contribution in [1.29, 1.82) is 0 Å². The average molecular weight is 556 g/mol. The molecule has 0 radical (unpaired) electrons. The summed E-state index contributed by atoms with van der Waals surface area (Å²) in [5.74, 6) is -3.28. The van der Waals surface area contributed by atoms with E-state index in [9.17, 15) is 27.2 Å². The van der Waals surface area contributed by atoms with Crippen LogP contribution in [0.1, 0.15) is 24.2 Å². The highest BCUT2D eigenvalue weighted by Crippen LogP contribution is 2.20. The number of ether oxygens (including phenoxy) is 2. The summed E-state index contributed by atoms with van der Waals surface area (Å²) in [4.78, 5) is 37.6. The van der Waals surface area contributed by atoms with E-state index in [0.29, 0.717) is 0 Å². The van der Waals surface area contributed by atoms with E-state index in [4.69, 9.17) is 21.1 Å². The van der Waals surface area contributed by atoms with Gasteiger partial charge in [-0.15, -0.1) is 0 Å². The van der Waals surface area contributed by atoms with Gasteiger partial charge in [-0.25, -0.2) is 17.6 Å². The lowest BCUT2D eigenvalue weighted by molar-refractivity contribution is -0.150. The normalized spacial score (nSPS) is 15.2. The lowest BCUT2D eigenvalue weighted by Crippen LogP contribution is -2.46. The molecule has 0 unspecified atom stereocenters. The Morgan fingerprint density at radius 2 is 1.84 bits per heavy atom. The quantitative estimate of drug-likeness (QED) is 0.454. The first-order valence-corrected chi connectivity index (χ1v) is 13.2. The van der Waals surface area contributed by atoms with E-state index in [0.717, 1.165) is 6.07 Å². The highest BCUT2D eigenvalue weighted by atomic mass is 35.5. The van der Waals surface area contributed by atoms with Crippen molar-refractivity contribution in [3.8, 4) is 0 Å². The predicted octanol–water partition coefficient (Wildman–Crippen LogP) is 2.44. The molecule has 0 spiro atoms. The lowest BCUT2D eigenvalue weighted by Gasteiger charge is -2.26. The number of sulfonamides is 1. The van der Waals surface area contributed by atoms with Gasteiger partial charge in [0, 0.05) is 24.3 Å². The highest BCUT2D eigenvalue weighted by Gasteiger charge is 2.29. The van der Waals surface area contributed by atoms with E-state index in [2.05, 4.69) is 10.6 Å². The van der Waals surface area contributed by atoms with Gasteiger partial charge in [0.05, 0.1) is 23.1 Å². The van der Waals surface area contributed by atoms with E-state index >= 15 is 0 Å². The molecule has 2 aromatic rings. The fourth-order valence-corrected chi connectivity index (χ4v) is 5.09. The zero-order chi connectivity index (χ0) is 27.2. The van der Waals surface area contributed by atoms with Crippen LogP contribution in [0.15, 0.2) is 47.4 Å². The third-order valence-corrected chi connectivity index (χ3v) is 7.64. The number of nitrogens with zero attached hydrogens (tertiary/aromatic N) is 1. The maximum absolute atomic E-state index is 13.3. The molecule has 1 aliphatic heterocycles. The van der Waals surface area contributed by atoms with Crippen LogP contribution >= 0.6 is 11.6 Å². The zero-order valence-electron chi connectivity index (χ0n) is 20.2. The van der Waals surface area contributed by atoms with Gasteiger partial charge in [-0.05, 0) is 42.3 Å². The van der Waals surface area contributed by atoms with Crippen molar-refractivity contribution in [2.75, 3.05) is 38.2 Å². The largest absolute Gasteiger partial charge is 0.454 e.